The van der Waals surface area contributed by atoms with Crippen LogP contribution in [0.2, 0.25) is 0 Å². The lowest BCUT2D eigenvalue weighted by Crippen LogP contribution is -2.51. The molecule has 0 bridgehead atoms. The molecule has 1 aromatic carbocycles. The van der Waals surface area contributed by atoms with E-state index in [2.05, 4.69) is 11.8 Å². The standard InChI is InChI=1S/C19H28N2O3/c1-3-5-15-24-19(23)21-13-11-20(12-14-21)18(17(22)4-2)16-9-7-6-8-10-16/h6-10,18H,3-5,11-15H2,1-2H3. The van der Waals surface area contributed by atoms with Gasteiger partial charge in [0.15, 0.2) is 5.78 Å². The molecule has 0 N–H and O–H groups in total. The molecule has 1 aliphatic rings. The number of piperazine rings is 1. The molecule has 0 saturated carbocycles. The van der Waals surface area contributed by atoms with E-state index in [0.29, 0.717) is 39.2 Å². The van der Waals surface area contributed by atoms with E-state index in [1.165, 1.54) is 0 Å². The van der Waals surface area contributed by atoms with Crippen molar-refractivity contribution in [3.8, 4) is 0 Å². The molecule has 1 saturated heterocycles. The average molecular weight is 332 g/mol. The molecular formula is C19H28N2O3. The molecule has 1 heterocycles. The molecule has 1 unspecified atom stereocenters. The summed E-state index contributed by atoms with van der Waals surface area (Å²) in [6.07, 6.45) is 2.19. The van der Waals surface area contributed by atoms with Crippen LogP contribution in [0.15, 0.2) is 30.3 Å². The predicted octanol–water partition coefficient (Wildman–Crippen LogP) is 3.26. The minimum Gasteiger partial charge on any atom is -0.449 e. The Morgan fingerprint density at radius 3 is 2.33 bits per heavy atom. The van der Waals surface area contributed by atoms with E-state index in [9.17, 15) is 9.59 Å². The minimum absolute atomic E-state index is 0.213. The first-order chi connectivity index (χ1) is 11.7. The molecule has 1 aliphatic heterocycles. The van der Waals surface area contributed by atoms with Crippen LogP contribution in [-0.4, -0.2) is 54.5 Å². The third kappa shape index (κ3) is 4.81. The monoisotopic (exact) mass is 332 g/mol. The van der Waals surface area contributed by atoms with Gasteiger partial charge in [-0.25, -0.2) is 4.79 Å². The summed E-state index contributed by atoms with van der Waals surface area (Å²) >= 11 is 0. The van der Waals surface area contributed by atoms with Crippen LogP contribution >= 0.6 is 0 Å². The lowest BCUT2D eigenvalue weighted by molar-refractivity contribution is -0.124. The Kier molecular flexibility index (Phi) is 7.25. The summed E-state index contributed by atoms with van der Waals surface area (Å²) in [5.74, 6) is 0.222. The molecule has 132 valence electrons. The first-order valence-corrected chi connectivity index (χ1v) is 8.90. The van der Waals surface area contributed by atoms with Crippen molar-refractivity contribution in [2.24, 2.45) is 0 Å². The first kappa shape index (κ1) is 18.5. The summed E-state index contributed by atoms with van der Waals surface area (Å²) in [5, 5.41) is 0. The molecule has 1 aromatic rings. The second kappa shape index (κ2) is 9.42. The van der Waals surface area contributed by atoms with Crippen molar-refractivity contribution in [1.82, 2.24) is 9.80 Å². The van der Waals surface area contributed by atoms with E-state index >= 15 is 0 Å². The van der Waals surface area contributed by atoms with Gasteiger partial charge in [-0.15, -0.1) is 0 Å². The van der Waals surface area contributed by atoms with E-state index in [1.807, 2.05) is 37.3 Å². The first-order valence-electron chi connectivity index (χ1n) is 8.90. The fraction of sp³-hybridized carbons (Fsp3) is 0.579. The molecular weight excluding hydrogens is 304 g/mol. The van der Waals surface area contributed by atoms with Crippen molar-refractivity contribution < 1.29 is 14.3 Å². The summed E-state index contributed by atoms with van der Waals surface area (Å²) in [6, 6.07) is 9.68. The predicted molar refractivity (Wildman–Crippen MR) is 93.9 cm³/mol. The van der Waals surface area contributed by atoms with E-state index in [1.54, 1.807) is 4.90 Å². The van der Waals surface area contributed by atoms with Crippen molar-refractivity contribution in [3.63, 3.8) is 0 Å². The Morgan fingerprint density at radius 2 is 1.75 bits per heavy atom. The van der Waals surface area contributed by atoms with Gasteiger partial charge in [0.2, 0.25) is 0 Å². The number of carbonyl (C=O) groups excluding carboxylic acids is 2. The maximum Gasteiger partial charge on any atom is 0.409 e. The van der Waals surface area contributed by atoms with Crippen molar-refractivity contribution in [1.29, 1.82) is 0 Å². The van der Waals surface area contributed by atoms with Crippen LogP contribution in [0.4, 0.5) is 4.79 Å². The summed E-state index contributed by atoms with van der Waals surface area (Å²) in [7, 11) is 0. The van der Waals surface area contributed by atoms with Gasteiger partial charge in [-0.3, -0.25) is 9.69 Å². The Bertz CT molecular complexity index is 525. The number of carbonyl (C=O) groups is 2. The van der Waals surface area contributed by atoms with Crippen LogP contribution in [0.25, 0.3) is 0 Å². The second-order valence-electron chi connectivity index (χ2n) is 6.12. The summed E-state index contributed by atoms with van der Waals surface area (Å²) in [6.45, 7) is 7.04. The number of hydrogen-bond acceptors (Lipinski definition) is 4. The van der Waals surface area contributed by atoms with Crippen LogP contribution in [0, 0.1) is 0 Å². The fourth-order valence-corrected chi connectivity index (χ4v) is 2.99. The molecule has 24 heavy (non-hydrogen) atoms. The number of rotatable bonds is 7. The number of Topliss-reactive ketones (excluding diaryl/α,β-unsaturated/α-hetero) is 1. The van der Waals surface area contributed by atoms with Gasteiger partial charge >= 0.3 is 6.09 Å². The molecule has 0 spiro atoms. The third-order valence-electron chi connectivity index (χ3n) is 4.43. The topological polar surface area (TPSA) is 49.9 Å². The summed E-state index contributed by atoms with van der Waals surface area (Å²) in [5.41, 5.74) is 1.03. The van der Waals surface area contributed by atoms with Crippen LogP contribution in [0.5, 0.6) is 0 Å². The normalized spacial score (nSPS) is 16.7. The second-order valence-corrected chi connectivity index (χ2v) is 6.12. The van der Waals surface area contributed by atoms with E-state index in [4.69, 9.17) is 4.74 Å². The van der Waals surface area contributed by atoms with Crippen LogP contribution in [-0.2, 0) is 9.53 Å². The number of unbranched alkanes of at least 4 members (excludes halogenated alkanes) is 1. The van der Waals surface area contributed by atoms with Gasteiger partial charge in [0.05, 0.1) is 12.6 Å². The van der Waals surface area contributed by atoms with E-state index in [0.717, 1.165) is 18.4 Å². The zero-order valence-electron chi connectivity index (χ0n) is 14.7. The maximum absolute atomic E-state index is 12.5. The van der Waals surface area contributed by atoms with Gasteiger partial charge < -0.3 is 9.64 Å². The highest BCUT2D eigenvalue weighted by molar-refractivity contribution is 5.85. The largest absolute Gasteiger partial charge is 0.449 e. The highest BCUT2D eigenvalue weighted by atomic mass is 16.6. The SMILES string of the molecule is CCCCOC(=O)N1CCN(C(C(=O)CC)c2ccccc2)CC1. The lowest BCUT2D eigenvalue weighted by Gasteiger charge is -2.38. The Labute approximate surface area is 144 Å². The Morgan fingerprint density at radius 1 is 1.08 bits per heavy atom. The minimum atomic E-state index is -0.235. The summed E-state index contributed by atoms with van der Waals surface area (Å²) in [4.78, 5) is 28.4. The van der Waals surface area contributed by atoms with Gasteiger partial charge in [0.1, 0.15) is 0 Å². The van der Waals surface area contributed by atoms with Gasteiger partial charge in [0, 0.05) is 32.6 Å². The van der Waals surface area contributed by atoms with Crippen LogP contribution in [0.1, 0.15) is 44.7 Å². The van der Waals surface area contributed by atoms with Gasteiger partial charge in [-0.05, 0) is 12.0 Å². The molecule has 1 atom stereocenters. The Balaban J connectivity index is 1.95. The molecule has 0 aromatic heterocycles. The molecule has 1 amide bonds. The summed E-state index contributed by atoms with van der Waals surface area (Å²) < 4.78 is 5.27. The zero-order chi connectivity index (χ0) is 17.4. The molecule has 5 nitrogen and oxygen atoms in total. The smallest absolute Gasteiger partial charge is 0.409 e. The number of ketones is 1. The van der Waals surface area contributed by atoms with Gasteiger partial charge in [-0.1, -0.05) is 50.6 Å². The maximum atomic E-state index is 12.5. The van der Waals surface area contributed by atoms with Crippen molar-refractivity contribution in [2.45, 2.75) is 39.2 Å². The fourth-order valence-electron chi connectivity index (χ4n) is 2.99. The quantitative estimate of drug-likeness (QED) is 0.719. The van der Waals surface area contributed by atoms with Crippen molar-refractivity contribution >= 4 is 11.9 Å². The average Bonchev–Trinajstić information content (AvgIpc) is 2.63. The third-order valence-corrected chi connectivity index (χ3v) is 4.43. The highest BCUT2D eigenvalue weighted by Crippen LogP contribution is 2.24. The van der Waals surface area contributed by atoms with Crippen molar-refractivity contribution in [3.05, 3.63) is 35.9 Å². The van der Waals surface area contributed by atoms with Crippen molar-refractivity contribution in [2.75, 3.05) is 32.8 Å². The Hall–Kier alpha value is -1.88. The molecule has 5 heteroatoms. The molecule has 2 rings (SSSR count). The highest BCUT2D eigenvalue weighted by Gasteiger charge is 2.30. The molecule has 0 radical (unpaired) electrons. The van der Waals surface area contributed by atoms with Gasteiger partial charge in [-0.2, -0.15) is 0 Å². The molecule has 1 fully saturated rings. The lowest BCUT2D eigenvalue weighted by atomic mass is 9.98. The number of ether oxygens (including phenoxy) is 1. The zero-order valence-corrected chi connectivity index (χ0v) is 14.7. The van der Waals surface area contributed by atoms with Crippen LogP contribution < -0.4 is 0 Å². The molecule has 0 aliphatic carbocycles. The number of nitrogens with zero attached hydrogens (tertiary/aromatic N) is 2. The van der Waals surface area contributed by atoms with E-state index in [-0.39, 0.29) is 17.9 Å². The number of benzene rings is 1. The van der Waals surface area contributed by atoms with Crippen LogP contribution in [0.3, 0.4) is 0 Å². The van der Waals surface area contributed by atoms with E-state index < -0.39 is 0 Å². The number of hydrogen-bond donors (Lipinski definition) is 0. The van der Waals surface area contributed by atoms with Gasteiger partial charge in [0.25, 0.3) is 0 Å². The number of amides is 1.